The van der Waals surface area contributed by atoms with Crippen molar-refractivity contribution in [3.63, 3.8) is 0 Å². The normalized spacial score (nSPS) is 25.3. The number of piperidine rings is 1. The Labute approximate surface area is 173 Å². The second-order valence-corrected chi connectivity index (χ2v) is 8.75. The Morgan fingerprint density at radius 1 is 1.17 bits per heavy atom. The third-order valence-corrected chi connectivity index (χ3v) is 6.83. The molecule has 0 saturated carbocycles. The first-order chi connectivity index (χ1) is 14.0. The molecule has 3 aliphatic heterocycles. The number of aryl methyl sites for hydroxylation is 1. The number of hydrogen-bond acceptors (Lipinski definition) is 7. The number of aromatic nitrogens is 1. The van der Waals surface area contributed by atoms with Crippen LogP contribution in [0.5, 0.6) is 5.75 Å². The topological polar surface area (TPSA) is 64.1 Å². The number of ether oxygens (including phenoxy) is 3. The van der Waals surface area contributed by atoms with Gasteiger partial charge in [0, 0.05) is 49.9 Å². The SMILES string of the molecule is COc1c(C)cnc(CN2CCC3(CC2)CC(CN2CCOCC2)OC3=O)c1C. The first kappa shape index (κ1) is 20.6. The molecule has 3 aliphatic rings. The molecule has 0 bridgehead atoms. The van der Waals surface area contributed by atoms with Crippen molar-refractivity contribution in [3.05, 3.63) is 23.0 Å². The van der Waals surface area contributed by atoms with Gasteiger partial charge in [0.2, 0.25) is 0 Å². The standard InChI is InChI=1S/C22H33N3O4/c1-16-13-23-19(17(2)20(16)27-3)15-24-6-4-22(5-7-24)12-18(29-21(22)26)14-25-8-10-28-11-9-25/h13,18H,4-12,14-15H2,1-3H3. The molecule has 4 heterocycles. The highest BCUT2D eigenvalue weighted by Gasteiger charge is 2.50. The Balaban J connectivity index is 1.33. The second kappa shape index (κ2) is 8.58. The molecule has 0 aromatic carbocycles. The largest absolute Gasteiger partial charge is 0.496 e. The van der Waals surface area contributed by atoms with E-state index >= 15 is 0 Å². The fourth-order valence-electron chi connectivity index (χ4n) is 5.00. The zero-order valence-corrected chi connectivity index (χ0v) is 17.9. The maximum absolute atomic E-state index is 12.7. The molecule has 1 spiro atoms. The van der Waals surface area contributed by atoms with Crippen LogP contribution in [0.2, 0.25) is 0 Å². The van der Waals surface area contributed by atoms with Crippen LogP contribution < -0.4 is 4.74 Å². The van der Waals surface area contributed by atoms with Crippen molar-refractivity contribution in [1.82, 2.24) is 14.8 Å². The summed E-state index contributed by atoms with van der Waals surface area (Å²) in [5, 5.41) is 0. The number of pyridine rings is 1. The smallest absolute Gasteiger partial charge is 0.312 e. The minimum absolute atomic E-state index is 0.0155. The zero-order chi connectivity index (χ0) is 20.4. The van der Waals surface area contributed by atoms with Gasteiger partial charge in [-0.3, -0.25) is 19.6 Å². The summed E-state index contributed by atoms with van der Waals surface area (Å²) in [4.78, 5) is 22.1. The van der Waals surface area contributed by atoms with Crippen molar-refractivity contribution >= 4 is 5.97 Å². The van der Waals surface area contributed by atoms with Crippen LogP contribution in [0.3, 0.4) is 0 Å². The third-order valence-electron chi connectivity index (χ3n) is 6.83. The molecule has 0 N–H and O–H groups in total. The van der Waals surface area contributed by atoms with Crippen molar-refractivity contribution < 1.29 is 19.0 Å². The number of morpholine rings is 1. The number of carbonyl (C=O) groups is 1. The fraction of sp³-hybridized carbons (Fsp3) is 0.727. The van der Waals surface area contributed by atoms with E-state index in [0.717, 1.165) is 94.3 Å². The van der Waals surface area contributed by atoms with Gasteiger partial charge in [-0.1, -0.05) is 0 Å². The van der Waals surface area contributed by atoms with Gasteiger partial charge >= 0.3 is 5.97 Å². The van der Waals surface area contributed by atoms with Gasteiger partial charge in [0.25, 0.3) is 0 Å². The number of methoxy groups -OCH3 is 1. The van der Waals surface area contributed by atoms with E-state index in [1.54, 1.807) is 7.11 Å². The van der Waals surface area contributed by atoms with Crippen LogP contribution in [0, 0.1) is 19.3 Å². The summed E-state index contributed by atoms with van der Waals surface area (Å²) in [6.45, 7) is 10.9. The van der Waals surface area contributed by atoms with E-state index in [0.29, 0.717) is 0 Å². The summed E-state index contributed by atoms with van der Waals surface area (Å²) < 4.78 is 16.8. The number of esters is 1. The lowest BCUT2D eigenvalue weighted by molar-refractivity contribution is -0.151. The lowest BCUT2D eigenvalue weighted by Gasteiger charge is -2.36. The minimum atomic E-state index is -0.291. The van der Waals surface area contributed by atoms with Gasteiger partial charge in [-0.2, -0.15) is 0 Å². The van der Waals surface area contributed by atoms with E-state index < -0.39 is 0 Å². The average molecular weight is 404 g/mol. The molecule has 1 atom stereocenters. The Bertz CT molecular complexity index is 740. The Kier molecular flexibility index (Phi) is 6.08. The number of hydrogen-bond donors (Lipinski definition) is 0. The summed E-state index contributed by atoms with van der Waals surface area (Å²) >= 11 is 0. The molecule has 0 aliphatic carbocycles. The van der Waals surface area contributed by atoms with Gasteiger partial charge in [-0.05, 0) is 39.8 Å². The molecule has 0 radical (unpaired) electrons. The van der Waals surface area contributed by atoms with Crippen molar-refractivity contribution in [2.45, 2.75) is 45.8 Å². The van der Waals surface area contributed by atoms with E-state index in [2.05, 4.69) is 21.7 Å². The quantitative estimate of drug-likeness (QED) is 0.696. The van der Waals surface area contributed by atoms with E-state index in [1.807, 2.05) is 13.1 Å². The van der Waals surface area contributed by atoms with E-state index in [4.69, 9.17) is 14.2 Å². The summed E-state index contributed by atoms with van der Waals surface area (Å²) in [6.07, 6.45) is 4.50. The number of cyclic esters (lactones) is 1. The van der Waals surface area contributed by atoms with Crippen molar-refractivity contribution in [2.75, 3.05) is 53.0 Å². The lowest BCUT2D eigenvalue weighted by Crippen LogP contribution is -2.43. The highest BCUT2D eigenvalue weighted by molar-refractivity contribution is 5.79. The Morgan fingerprint density at radius 2 is 1.90 bits per heavy atom. The molecule has 3 saturated heterocycles. The van der Waals surface area contributed by atoms with Crippen LogP contribution in [0.15, 0.2) is 6.20 Å². The molecule has 3 fully saturated rings. The van der Waals surface area contributed by atoms with Crippen LogP contribution in [-0.4, -0.2) is 79.9 Å². The van der Waals surface area contributed by atoms with E-state index in [-0.39, 0.29) is 17.5 Å². The van der Waals surface area contributed by atoms with Gasteiger partial charge in [0.1, 0.15) is 11.9 Å². The number of carbonyl (C=O) groups excluding carboxylic acids is 1. The predicted octanol–water partition coefficient (Wildman–Crippen LogP) is 1.94. The minimum Gasteiger partial charge on any atom is -0.496 e. The number of nitrogens with zero attached hydrogens (tertiary/aromatic N) is 3. The summed E-state index contributed by atoms with van der Waals surface area (Å²) in [7, 11) is 1.71. The van der Waals surface area contributed by atoms with Gasteiger partial charge in [-0.25, -0.2) is 0 Å². The predicted molar refractivity (Wildman–Crippen MR) is 109 cm³/mol. The molecule has 160 valence electrons. The van der Waals surface area contributed by atoms with Crippen molar-refractivity contribution in [1.29, 1.82) is 0 Å². The van der Waals surface area contributed by atoms with Crippen LogP contribution in [0.4, 0.5) is 0 Å². The van der Waals surface area contributed by atoms with Crippen molar-refractivity contribution in [2.24, 2.45) is 5.41 Å². The third kappa shape index (κ3) is 4.27. The molecular weight excluding hydrogens is 370 g/mol. The average Bonchev–Trinajstić information content (AvgIpc) is 3.01. The fourth-order valence-corrected chi connectivity index (χ4v) is 5.00. The summed E-state index contributed by atoms with van der Waals surface area (Å²) in [5.41, 5.74) is 2.94. The lowest BCUT2D eigenvalue weighted by atomic mass is 9.76. The Morgan fingerprint density at radius 3 is 2.59 bits per heavy atom. The number of rotatable bonds is 5. The van der Waals surface area contributed by atoms with Gasteiger partial charge < -0.3 is 14.2 Å². The van der Waals surface area contributed by atoms with E-state index in [1.165, 1.54) is 0 Å². The highest BCUT2D eigenvalue weighted by atomic mass is 16.6. The Hall–Kier alpha value is -1.70. The van der Waals surface area contributed by atoms with Crippen molar-refractivity contribution in [3.8, 4) is 5.75 Å². The summed E-state index contributed by atoms with van der Waals surface area (Å²) in [5.74, 6) is 0.940. The first-order valence-electron chi connectivity index (χ1n) is 10.7. The molecule has 7 heteroatoms. The highest BCUT2D eigenvalue weighted by Crippen LogP contribution is 2.43. The molecule has 1 aromatic rings. The maximum atomic E-state index is 12.7. The number of likely N-dealkylation sites (tertiary alicyclic amines) is 1. The second-order valence-electron chi connectivity index (χ2n) is 8.75. The zero-order valence-electron chi connectivity index (χ0n) is 17.9. The molecule has 1 aromatic heterocycles. The monoisotopic (exact) mass is 403 g/mol. The molecule has 4 rings (SSSR count). The van der Waals surface area contributed by atoms with Crippen LogP contribution >= 0.6 is 0 Å². The van der Waals surface area contributed by atoms with Crippen LogP contribution in [0.1, 0.15) is 36.1 Å². The van der Waals surface area contributed by atoms with Gasteiger partial charge in [0.15, 0.2) is 0 Å². The molecular formula is C22H33N3O4. The van der Waals surface area contributed by atoms with Gasteiger partial charge in [-0.15, -0.1) is 0 Å². The molecule has 29 heavy (non-hydrogen) atoms. The first-order valence-corrected chi connectivity index (χ1v) is 10.7. The molecule has 1 unspecified atom stereocenters. The van der Waals surface area contributed by atoms with Crippen LogP contribution in [0.25, 0.3) is 0 Å². The molecule has 7 nitrogen and oxygen atoms in total. The van der Waals surface area contributed by atoms with E-state index in [9.17, 15) is 4.79 Å². The summed E-state index contributed by atoms with van der Waals surface area (Å²) in [6, 6.07) is 0. The maximum Gasteiger partial charge on any atom is 0.312 e. The van der Waals surface area contributed by atoms with Gasteiger partial charge in [0.05, 0.1) is 31.4 Å². The molecule has 0 amide bonds. The van der Waals surface area contributed by atoms with Crippen LogP contribution in [-0.2, 0) is 20.8 Å².